The molecular weight excluding hydrogens is 272 g/mol. The van der Waals surface area contributed by atoms with Crippen molar-refractivity contribution in [2.75, 3.05) is 18.6 Å². The molecule has 1 heterocycles. The first-order valence-corrected chi connectivity index (χ1v) is 7.53. The quantitative estimate of drug-likeness (QED) is 0.684. The Labute approximate surface area is 109 Å². The summed E-state index contributed by atoms with van der Waals surface area (Å²) in [5.74, 6) is 0.378. The Bertz CT molecular complexity index is 704. The second-order valence-electron chi connectivity index (χ2n) is 3.58. The van der Waals surface area contributed by atoms with Gasteiger partial charge in [-0.1, -0.05) is 6.08 Å². The summed E-state index contributed by atoms with van der Waals surface area (Å²) in [4.78, 5) is 4.09. The molecule has 2 N–H and O–H groups in total. The number of anilines is 1. The number of ether oxygens (including phenoxy) is 1. The topological polar surface area (TPSA) is 82.3 Å². The molecule has 0 saturated carbocycles. The molecule has 0 aliphatic rings. The number of rotatable bonds is 4. The van der Waals surface area contributed by atoms with Gasteiger partial charge >= 0.3 is 0 Å². The van der Waals surface area contributed by atoms with Crippen molar-refractivity contribution in [2.24, 2.45) is 0 Å². The van der Waals surface area contributed by atoms with E-state index in [-0.39, 0.29) is 10.1 Å². The van der Waals surface area contributed by atoms with Crippen molar-refractivity contribution < 1.29 is 13.2 Å². The van der Waals surface area contributed by atoms with E-state index < -0.39 is 9.84 Å². The van der Waals surface area contributed by atoms with E-state index in [0.29, 0.717) is 21.7 Å². The van der Waals surface area contributed by atoms with Gasteiger partial charge in [0.15, 0.2) is 0 Å². The SMILES string of the molecule is C=CCS(=O)(=O)c1nc2ccc(OC)c(N)c2s1. The summed E-state index contributed by atoms with van der Waals surface area (Å²) in [7, 11) is -1.91. The molecule has 0 bridgehead atoms. The van der Waals surface area contributed by atoms with Crippen LogP contribution >= 0.6 is 11.3 Å². The molecule has 1 aromatic carbocycles. The molecule has 2 aromatic rings. The summed E-state index contributed by atoms with van der Waals surface area (Å²) in [5, 5.41) is 0. The molecule has 1 aromatic heterocycles. The summed E-state index contributed by atoms with van der Waals surface area (Å²) in [6, 6.07) is 3.36. The van der Waals surface area contributed by atoms with E-state index >= 15 is 0 Å². The van der Waals surface area contributed by atoms with Crippen LogP contribution in [-0.4, -0.2) is 26.3 Å². The maximum atomic E-state index is 11.9. The number of nitrogen functional groups attached to an aromatic ring is 1. The lowest BCUT2D eigenvalue weighted by molar-refractivity contribution is 0.417. The van der Waals surface area contributed by atoms with Crippen LogP contribution in [0.25, 0.3) is 10.2 Å². The molecule has 0 fully saturated rings. The molecule has 5 nitrogen and oxygen atoms in total. The van der Waals surface area contributed by atoms with Gasteiger partial charge in [-0.05, 0) is 12.1 Å². The second-order valence-corrected chi connectivity index (χ2v) is 6.79. The standard InChI is InChI=1S/C11H12N2O3S2/c1-3-6-18(14,15)11-13-7-4-5-8(16-2)9(12)10(7)17-11/h3-5H,1,6,12H2,2H3. The zero-order chi connectivity index (χ0) is 13.3. The number of benzene rings is 1. The van der Waals surface area contributed by atoms with Crippen LogP contribution in [0, 0.1) is 0 Å². The molecule has 0 radical (unpaired) electrons. The first-order valence-electron chi connectivity index (χ1n) is 5.06. The van der Waals surface area contributed by atoms with Gasteiger partial charge < -0.3 is 10.5 Å². The minimum absolute atomic E-state index is 0.0531. The Morgan fingerprint density at radius 3 is 2.89 bits per heavy atom. The lowest BCUT2D eigenvalue weighted by Gasteiger charge is -2.02. The van der Waals surface area contributed by atoms with Crippen molar-refractivity contribution in [2.45, 2.75) is 4.34 Å². The molecule has 0 atom stereocenters. The van der Waals surface area contributed by atoms with E-state index in [9.17, 15) is 8.42 Å². The van der Waals surface area contributed by atoms with Gasteiger partial charge in [0.25, 0.3) is 0 Å². The number of hydrogen-bond donors (Lipinski definition) is 1. The highest BCUT2D eigenvalue weighted by Crippen LogP contribution is 2.36. The van der Waals surface area contributed by atoms with Gasteiger partial charge in [-0.25, -0.2) is 13.4 Å². The largest absolute Gasteiger partial charge is 0.495 e. The van der Waals surface area contributed by atoms with E-state index in [1.54, 1.807) is 12.1 Å². The minimum atomic E-state index is -3.42. The zero-order valence-electron chi connectivity index (χ0n) is 9.71. The number of nitrogens with two attached hydrogens (primary N) is 1. The average molecular weight is 284 g/mol. The molecule has 7 heteroatoms. The number of fused-ring (bicyclic) bond motifs is 1. The Morgan fingerprint density at radius 2 is 2.28 bits per heavy atom. The predicted octanol–water partition coefficient (Wildman–Crippen LogP) is 1.85. The van der Waals surface area contributed by atoms with E-state index in [1.807, 2.05) is 0 Å². The molecular formula is C11H12N2O3S2. The molecule has 0 saturated heterocycles. The van der Waals surface area contributed by atoms with Crippen molar-refractivity contribution in [3.05, 3.63) is 24.8 Å². The van der Waals surface area contributed by atoms with Crippen LogP contribution < -0.4 is 10.5 Å². The average Bonchev–Trinajstić information content (AvgIpc) is 2.75. The lowest BCUT2D eigenvalue weighted by atomic mass is 10.3. The number of thiazole rings is 1. The fourth-order valence-electron chi connectivity index (χ4n) is 1.51. The maximum Gasteiger partial charge on any atom is 0.210 e. The van der Waals surface area contributed by atoms with E-state index in [2.05, 4.69) is 11.6 Å². The van der Waals surface area contributed by atoms with Crippen LogP contribution in [0.4, 0.5) is 5.69 Å². The van der Waals surface area contributed by atoms with Crippen molar-refractivity contribution in [1.29, 1.82) is 0 Å². The van der Waals surface area contributed by atoms with Crippen LogP contribution in [0.5, 0.6) is 5.75 Å². The van der Waals surface area contributed by atoms with Gasteiger partial charge in [0.2, 0.25) is 14.2 Å². The third-order valence-electron chi connectivity index (χ3n) is 2.36. The fraction of sp³-hybridized carbons (Fsp3) is 0.182. The Kier molecular flexibility index (Phi) is 3.27. The molecule has 0 unspecified atom stereocenters. The number of aromatic nitrogens is 1. The number of methoxy groups -OCH3 is 1. The zero-order valence-corrected chi connectivity index (χ0v) is 11.3. The summed E-state index contributed by atoms with van der Waals surface area (Å²) >= 11 is 1.05. The summed E-state index contributed by atoms with van der Waals surface area (Å²) in [6.45, 7) is 3.42. The van der Waals surface area contributed by atoms with Crippen molar-refractivity contribution in [1.82, 2.24) is 4.98 Å². The third-order valence-corrected chi connectivity index (χ3v) is 5.57. The molecule has 0 aliphatic heterocycles. The number of nitrogens with zero attached hydrogens (tertiary/aromatic N) is 1. The summed E-state index contributed by atoms with van der Waals surface area (Å²) < 4.78 is 29.5. The lowest BCUT2D eigenvalue weighted by Crippen LogP contribution is -2.03. The highest BCUT2D eigenvalue weighted by Gasteiger charge is 2.20. The van der Waals surface area contributed by atoms with Crippen LogP contribution in [0.15, 0.2) is 29.1 Å². The number of hydrogen-bond acceptors (Lipinski definition) is 6. The predicted molar refractivity (Wildman–Crippen MR) is 72.8 cm³/mol. The highest BCUT2D eigenvalue weighted by molar-refractivity contribution is 7.93. The van der Waals surface area contributed by atoms with Crippen molar-refractivity contribution in [3.8, 4) is 5.75 Å². The normalized spacial score (nSPS) is 11.6. The number of sulfone groups is 1. The van der Waals surface area contributed by atoms with Crippen molar-refractivity contribution in [3.63, 3.8) is 0 Å². The van der Waals surface area contributed by atoms with Gasteiger partial charge in [-0.15, -0.1) is 17.9 Å². The van der Waals surface area contributed by atoms with Crippen LogP contribution in [-0.2, 0) is 9.84 Å². The smallest absolute Gasteiger partial charge is 0.210 e. The third kappa shape index (κ3) is 2.06. The molecule has 0 spiro atoms. The molecule has 0 amide bonds. The highest BCUT2D eigenvalue weighted by atomic mass is 32.2. The van der Waals surface area contributed by atoms with Gasteiger partial charge in [0.05, 0.1) is 28.8 Å². The van der Waals surface area contributed by atoms with Gasteiger partial charge in [0, 0.05) is 0 Å². The monoisotopic (exact) mass is 284 g/mol. The van der Waals surface area contributed by atoms with Crippen molar-refractivity contribution >= 4 is 37.1 Å². The van der Waals surface area contributed by atoms with E-state index in [1.165, 1.54) is 13.2 Å². The van der Waals surface area contributed by atoms with Crippen LogP contribution in [0.1, 0.15) is 0 Å². The first-order chi connectivity index (χ1) is 8.49. The molecule has 0 aliphatic carbocycles. The summed E-state index contributed by atoms with van der Waals surface area (Å²) in [6.07, 6.45) is 1.34. The van der Waals surface area contributed by atoms with Crippen LogP contribution in [0.2, 0.25) is 0 Å². The van der Waals surface area contributed by atoms with Gasteiger partial charge in [-0.3, -0.25) is 0 Å². The fourth-order valence-corrected chi connectivity index (χ4v) is 3.91. The summed E-state index contributed by atoms with van der Waals surface area (Å²) in [5.41, 5.74) is 6.86. The van der Waals surface area contributed by atoms with E-state index in [0.717, 1.165) is 11.3 Å². The Balaban J connectivity index is 2.65. The van der Waals surface area contributed by atoms with Gasteiger partial charge in [0.1, 0.15) is 5.75 Å². The van der Waals surface area contributed by atoms with Gasteiger partial charge in [-0.2, -0.15) is 0 Å². The van der Waals surface area contributed by atoms with Crippen LogP contribution in [0.3, 0.4) is 0 Å². The molecule has 96 valence electrons. The molecule has 2 rings (SSSR count). The Hall–Kier alpha value is -1.60. The first kappa shape index (κ1) is 12.8. The Morgan fingerprint density at radius 1 is 1.56 bits per heavy atom. The van der Waals surface area contributed by atoms with E-state index in [4.69, 9.17) is 10.5 Å². The maximum absolute atomic E-state index is 11.9. The second kappa shape index (κ2) is 4.58. The minimum Gasteiger partial charge on any atom is -0.495 e. The molecule has 18 heavy (non-hydrogen) atoms.